The molecule has 1 amide bonds. The van der Waals surface area contributed by atoms with Crippen molar-refractivity contribution in [1.29, 1.82) is 0 Å². The van der Waals surface area contributed by atoms with Crippen LogP contribution in [0.5, 0.6) is 0 Å². The van der Waals surface area contributed by atoms with Gasteiger partial charge in [0.1, 0.15) is 0 Å². The van der Waals surface area contributed by atoms with Crippen molar-refractivity contribution in [1.82, 2.24) is 4.90 Å². The molecule has 1 aromatic rings. The zero-order valence-corrected chi connectivity index (χ0v) is 14.3. The maximum Gasteiger partial charge on any atom is 0.227 e. The Hall–Kier alpha value is -0.780. The molecule has 7 heteroatoms. The minimum Gasteiger partial charge on any atom is -0.335 e. The zero-order chi connectivity index (χ0) is 15.9. The largest absolute Gasteiger partial charge is 0.335 e. The highest BCUT2D eigenvalue weighted by Crippen LogP contribution is 2.34. The van der Waals surface area contributed by atoms with Gasteiger partial charge in [0.15, 0.2) is 9.84 Å². The van der Waals surface area contributed by atoms with Crippen LogP contribution in [-0.4, -0.2) is 42.8 Å². The van der Waals surface area contributed by atoms with Crippen molar-refractivity contribution in [3.63, 3.8) is 0 Å². The lowest BCUT2D eigenvalue weighted by Crippen LogP contribution is -2.43. The van der Waals surface area contributed by atoms with Crippen LogP contribution in [0.2, 0.25) is 10.0 Å². The second-order valence-corrected chi connectivity index (χ2v) is 9.01. The molecule has 1 aliphatic heterocycles. The van der Waals surface area contributed by atoms with Crippen LogP contribution in [0.4, 0.5) is 0 Å². The topological polar surface area (TPSA) is 54.5 Å². The van der Waals surface area contributed by atoms with Gasteiger partial charge in [-0.05, 0) is 37.0 Å². The first-order chi connectivity index (χ1) is 10.4. The highest BCUT2D eigenvalue weighted by molar-refractivity contribution is 7.91. The van der Waals surface area contributed by atoms with Crippen molar-refractivity contribution in [3.8, 4) is 0 Å². The number of sulfone groups is 1. The smallest absolute Gasteiger partial charge is 0.227 e. The van der Waals surface area contributed by atoms with Crippen LogP contribution in [-0.2, 0) is 21.1 Å². The second-order valence-electron chi connectivity index (χ2n) is 5.97. The average molecular weight is 362 g/mol. The number of carbonyl (C=O) groups is 1. The molecule has 0 aromatic heterocycles. The van der Waals surface area contributed by atoms with Gasteiger partial charge in [-0.1, -0.05) is 29.3 Å². The second kappa shape index (κ2) is 6.02. The molecular weight excluding hydrogens is 345 g/mol. The molecule has 22 heavy (non-hydrogen) atoms. The van der Waals surface area contributed by atoms with Crippen LogP contribution in [0.15, 0.2) is 18.2 Å². The summed E-state index contributed by atoms with van der Waals surface area (Å²) in [6, 6.07) is 5.12. The maximum absolute atomic E-state index is 12.7. The molecule has 3 rings (SSSR count). The van der Waals surface area contributed by atoms with Gasteiger partial charge < -0.3 is 4.90 Å². The van der Waals surface area contributed by atoms with Gasteiger partial charge in [-0.2, -0.15) is 0 Å². The van der Waals surface area contributed by atoms with Gasteiger partial charge in [0.25, 0.3) is 0 Å². The fourth-order valence-electron chi connectivity index (χ4n) is 3.00. The minimum absolute atomic E-state index is 0.0749. The Morgan fingerprint density at radius 1 is 1.14 bits per heavy atom. The molecule has 2 aliphatic rings. The fraction of sp³-hybridized carbons (Fsp3) is 0.533. The van der Waals surface area contributed by atoms with Gasteiger partial charge >= 0.3 is 0 Å². The maximum atomic E-state index is 12.7. The first-order valence-electron chi connectivity index (χ1n) is 7.32. The normalized spacial score (nSPS) is 23.5. The molecule has 1 saturated heterocycles. The van der Waals surface area contributed by atoms with Gasteiger partial charge in [-0.15, -0.1) is 0 Å². The molecule has 0 unspecified atom stereocenters. The minimum atomic E-state index is -3.01. The molecule has 1 atom stereocenters. The number of carbonyl (C=O) groups excluding carboxylic acids is 1. The summed E-state index contributed by atoms with van der Waals surface area (Å²) in [5.41, 5.74) is 0.613. The first-order valence-corrected chi connectivity index (χ1v) is 9.89. The summed E-state index contributed by atoms with van der Waals surface area (Å²) < 4.78 is 23.4. The standard InChI is InChI=1S/C15H17Cl2NO3S/c16-13-2-1-3-14(17)12(13)8-15(19)18(10-4-5-10)11-6-7-22(20,21)9-11/h1-3,10-11H,4-9H2/t11-/m0/s1. The van der Waals surface area contributed by atoms with E-state index in [0.717, 1.165) is 12.8 Å². The van der Waals surface area contributed by atoms with E-state index in [0.29, 0.717) is 22.0 Å². The van der Waals surface area contributed by atoms with Gasteiger partial charge in [-0.25, -0.2) is 8.42 Å². The van der Waals surface area contributed by atoms with E-state index in [2.05, 4.69) is 0 Å². The van der Waals surface area contributed by atoms with E-state index in [1.807, 2.05) is 0 Å². The monoisotopic (exact) mass is 361 g/mol. The molecule has 1 aromatic carbocycles. The van der Waals surface area contributed by atoms with Crippen molar-refractivity contribution >= 4 is 38.9 Å². The van der Waals surface area contributed by atoms with Crippen LogP contribution < -0.4 is 0 Å². The van der Waals surface area contributed by atoms with Crippen molar-refractivity contribution in [3.05, 3.63) is 33.8 Å². The number of benzene rings is 1. The summed E-state index contributed by atoms with van der Waals surface area (Å²) in [6.07, 6.45) is 2.53. The number of rotatable bonds is 4. The van der Waals surface area contributed by atoms with E-state index < -0.39 is 9.84 Å². The molecule has 0 radical (unpaired) electrons. The van der Waals surface area contributed by atoms with Gasteiger partial charge in [-0.3, -0.25) is 4.79 Å². The average Bonchev–Trinajstić information content (AvgIpc) is 3.19. The Balaban J connectivity index is 1.79. The van der Waals surface area contributed by atoms with Gasteiger partial charge in [0.2, 0.25) is 5.91 Å². The molecular formula is C15H17Cl2NO3S. The summed E-state index contributed by atoms with van der Waals surface area (Å²) in [5, 5.41) is 0.936. The summed E-state index contributed by atoms with van der Waals surface area (Å²) in [5.74, 6) is 0.159. The summed E-state index contributed by atoms with van der Waals surface area (Å²) in [7, 11) is -3.01. The summed E-state index contributed by atoms with van der Waals surface area (Å²) in [6.45, 7) is 0. The highest BCUT2D eigenvalue weighted by Gasteiger charge is 2.42. The quantitative estimate of drug-likeness (QED) is 0.828. The van der Waals surface area contributed by atoms with E-state index in [4.69, 9.17) is 23.2 Å². The lowest BCUT2D eigenvalue weighted by Gasteiger charge is -2.28. The lowest BCUT2D eigenvalue weighted by atomic mass is 10.1. The third kappa shape index (κ3) is 3.42. The molecule has 2 fully saturated rings. The van der Waals surface area contributed by atoms with E-state index in [-0.39, 0.29) is 35.9 Å². The molecule has 4 nitrogen and oxygen atoms in total. The Labute approximate surface area is 140 Å². The highest BCUT2D eigenvalue weighted by atomic mass is 35.5. The molecule has 120 valence electrons. The van der Waals surface area contributed by atoms with Crippen molar-refractivity contribution < 1.29 is 13.2 Å². The molecule has 1 aliphatic carbocycles. The molecule has 0 bridgehead atoms. The van der Waals surface area contributed by atoms with Crippen molar-refractivity contribution in [2.75, 3.05) is 11.5 Å². The Kier molecular flexibility index (Phi) is 4.40. The van der Waals surface area contributed by atoms with Crippen LogP contribution in [0.1, 0.15) is 24.8 Å². The fourth-order valence-corrected chi connectivity index (χ4v) is 5.24. The number of hydrogen-bond donors (Lipinski definition) is 0. The van der Waals surface area contributed by atoms with Crippen LogP contribution in [0, 0.1) is 0 Å². The number of amides is 1. The van der Waals surface area contributed by atoms with Gasteiger partial charge in [0, 0.05) is 22.1 Å². The molecule has 1 heterocycles. The SMILES string of the molecule is O=C(Cc1c(Cl)cccc1Cl)N(C1CC1)[C@H]1CCS(=O)(=O)C1. The van der Waals surface area contributed by atoms with E-state index >= 15 is 0 Å². The van der Waals surface area contributed by atoms with Crippen molar-refractivity contribution in [2.24, 2.45) is 0 Å². The van der Waals surface area contributed by atoms with Crippen LogP contribution in [0.3, 0.4) is 0 Å². The number of hydrogen-bond acceptors (Lipinski definition) is 3. The Morgan fingerprint density at radius 2 is 1.77 bits per heavy atom. The lowest BCUT2D eigenvalue weighted by molar-refractivity contribution is -0.133. The number of halogens is 2. The van der Waals surface area contributed by atoms with E-state index in [9.17, 15) is 13.2 Å². The number of nitrogens with zero attached hydrogens (tertiary/aromatic N) is 1. The van der Waals surface area contributed by atoms with Crippen LogP contribution in [0.25, 0.3) is 0 Å². The van der Waals surface area contributed by atoms with Crippen molar-refractivity contribution in [2.45, 2.75) is 37.8 Å². The molecule has 0 spiro atoms. The summed E-state index contributed by atoms with van der Waals surface area (Å²) in [4.78, 5) is 14.5. The third-order valence-electron chi connectivity index (χ3n) is 4.22. The predicted octanol–water partition coefficient (Wildman–Crippen LogP) is 2.71. The molecule has 0 N–H and O–H groups in total. The summed E-state index contributed by atoms with van der Waals surface area (Å²) >= 11 is 12.3. The third-order valence-corrected chi connectivity index (χ3v) is 6.68. The van der Waals surface area contributed by atoms with E-state index in [1.165, 1.54) is 0 Å². The van der Waals surface area contributed by atoms with E-state index in [1.54, 1.807) is 23.1 Å². The zero-order valence-electron chi connectivity index (χ0n) is 12.0. The Morgan fingerprint density at radius 3 is 2.27 bits per heavy atom. The first kappa shape index (κ1) is 16.1. The van der Waals surface area contributed by atoms with Crippen LogP contribution >= 0.6 is 23.2 Å². The Bertz CT molecular complexity index is 680. The predicted molar refractivity (Wildman–Crippen MR) is 87.1 cm³/mol. The van der Waals surface area contributed by atoms with Gasteiger partial charge in [0.05, 0.1) is 17.9 Å². The molecule has 1 saturated carbocycles.